The topological polar surface area (TPSA) is 62.3 Å². The van der Waals surface area contributed by atoms with Crippen LogP contribution in [0.25, 0.3) is 10.9 Å². The molecule has 0 aliphatic heterocycles. The molecule has 2 N–H and O–H groups in total. The standard InChI is InChI=1S/C30H33ClFN5O/c1-37(2)29-23-9-4-5-12-27(23)35-30(36-29)34-22-16-14-21(15-17-22)33-18-20-8-3-6-13-28(20)38-19-24-25(31)10-7-11-26(24)32/h3-13,21-22,33H,14-19H2,1-2H3,(H,34,35,36)/t21-,22+. The maximum absolute atomic E-state index is 14.1. The highest BCUT2D eigenvalue weighted by Crippen LogP contribution is 2.28. The van der Waals surface area contributed by atoms with E-state index in [-0.39, 0.29) is 12.4 Å². The van der Waals surface area contributed by atoms with Crippen LogP contribution in [-0.2, 0) is 13.2 Å². The lowest BCUT2D eigenvalue weighted by Crippen LogP contribution is -2.37. The fraction of sp³-hybridized carbons (Fsp3) is 0.333. The van der Waals surface area contributed by atoms with Crippen LogP contribution in [0, 0.1) is 5.82 Å². The summed E-state index contributed by atoms with van der Waals surface area (Å²) in [4.78, 5) is 11.6. The summed E-state index contributed by atoms with van der Waals surface area (Å²) in [5.74, 6) is 1.99. The molecule has 0 radical (unpaired) electrons. The number of anilines is 2. The van der Waals surface area contributed by atoms with Crippen molar-refractivity contribution in [1.29, 1.82) is 0 Å². The predicted molar refractivity (Wildman–Crippen MR) is 153 cm³/mol. The van der Waals surface area contributed by atoms with Crippen molar-refractivity contribution in [2.75, 3.05) is 24.3 Å². The number of nitrogens with one attached hydrogen (secondary N) is 2. The first-order chi connectivity index (χ1) is 18.5. The first kappa shape index (κ1) is 26.2. The fourth-order valence-electron chi connectivity index (χ4n) is 4.95. The molecule has 1 fully saturated rings. The molecular formula is C30H33ClFN5O. The van der Waals surface area contributed by atoms with Crippen molar-refractivity contribution in [3.63, 3.8) is 0 Å². The van der Waals surface area contributed by atoms with Crippen LogP contribution in [0.4, 0.5) is 16.2 Å². The summed E-state index contributed by atoms with van der Waals surface area (Å²) in [5.41, 5.74) is 2.36. The third kappa shape index (κ3) is 6.17. The number of hydrogen-bond acceptors (Lipinski definition) is 6. The minimum atomic E-state index is -0.356. The van der Waals surface area contributed by atoms with E-state index in [1.807, 2.05) is 61.5 Å². The lowest BCUT2D eigenvalue weighted by molar-refractivity contribution is 0.293. The summed E-state index contributed by atoms with van der Waals surface area (Å²) in [6, 6.07) is 21.4. The fourth-order valence-corrected chi connectivity index (χ4v) is 5.17. The van der Waals surface area contributed by atoms with E-state index in [1.165, 1.54) is 6.07 Å². The van der Waals surface area contributed by atoms with Gasteiger partial charge in [0.15, 0.2) is 0 Å². The van der Waals surface area contributed by atoms with Gasteiger partial charge in [-0.3, -0.25) is 0 Å². The van der Waals surface area contributed by atoms with Crippen LogP contribution in [0.15, 0.2) is 66.7 Å². The second kappa shape index (κ2) is 12.0. The molecule has 1 saturated carbocycles. The summed E-state index contributed by atoms with van der Waals surface area (Å²) < 4.78 is 20.1. The Labute approximate surface area is 228 Å². The number of rotatable bonds is 9. The maximum Gasteiger partial charge on any atom is 0.225 e. The molecule has 3 aromatic carbocycles. The number of para-hydroxylation sites is 2. The van der Waals surface area contributed by atoms with Gasteiger partial charge in [0, 0.05) is 49.2 Å². The zero-order valence-corrected chi connectivity index (χ0v) is 22.5. The number of fused-ring (bicyclic) bond motifs is 1. The minimum absolute atomic E-state index is 0.0890. The molecule has 0 saturated heterocycles. The molecule has 198 valence electrons. The molecule has 0 spiro atoms. The van der Waals surface area contributed by atoms with E-state index in [1.54, 1.807) is 12.1 Å². The van der Waals surface area contributed by atoms with Crippen LogP contribution in [0.3, 0.4) is 0 Å². The SMILES string of the molecule is CN(C)c1nc(N[C@H]2CC[C@@H](NCc3ccccc3OCc3c(F)cccc3Cl)CC2)nc2ccccc12. The van der Waals surface area contributed by atoms with E-state index in [4.69, 9.17) is 26.3 Å². The van der Waals surface area contributed by atoms with Gasteiger partial charge in [-0.25, -0.2) is 9.37 Å². The summed E-state index contributed by atoms with van der Waals surface area (Å²) in [6.07, 6.45) is 4.18. The maximum atomic E-state index is 14.1. The minimum Gasteiger partial charge on any atom is -0.488 e. The Balaban J connectivity index is 1.15. The van der Waals surface area contributed by atoms with Gasteiger partial charge in [-0.2, -0.15) is 4.98 Å². The van der Waals surface area contributed by atoms with Crippen LogP contribution in [0.2, 0.25) is 5.02 Å². The summed E-state index contributed by atoms with van der Waals surface area (Å²) in [7, 11) is 4.02. The summed E-state index contributed by atoms with van der Waals surface area (Å²) in [6.45, 7) is 0.773. The highest BCUT2D eigenvalue weighted by atomic mass is 35.5. The lowest BCUT2D eigenvalue weighted by atomic mass is 9.91. The van der Waals surface area contributed by atoms with Gasteiger partial charge in [-0.1, -0.05) is 48.0 Å². The van der Waals surface area contributed by atoms with Gasteiger partial charge in [0.2, 0.25) is 5.95 Å². The van der Waals surface area contributed by atoms with Gasteiger partial charge in [0.25, 0.3) is 0 Å². The van der Waals surface area contributed by atoms with Crippen molar-refractivity contribution in [1.82, 2.24) is 15.3 Å². The molecule has 5 rings (SSSR count). The second-order valence-corrected chi connectivity index (χ2v) is 10.4. The predicted octanol–water partition coefficient (Wildman–Crippen LogP) is 6.58. The molecule has 1 aliphatic carbocycles. The van der Waals surface area contributed by atoms with Gasteiger partial charge in [-0.05, 0) is 56.0 Å². The van der Waals surface area contributed by atoms with Crippen molar-refractivity contribution in [2.24, 2.45) is 0 Å². The van der Waals surface area contributed by atoms with E-state index in [0.717, 1.165) is 53.7 Å². The average molecular weight is 534 g/mol. The van der Waals surface area contributed by atoms with Gasteiger partial charge in [0.05, 0.1) is 10.5 Å². The number of ether oxygens (including phenoxy) is 1. The Morgan fingerprint density at radius 3 is 2.45 bits per heavy atom. The molecule has 1 aliphatic rings. The van der Waals surface area contributed by atoms with Crippen molar-refractivity contribution in [2.45, 2.75) is 50.9 Å². The first-order valence-electron chi connectivity index (χ1n) is 13.1. The van der Waals surface area contributed by atoms with E-state index >= 15 is 0 Å². The zero-order chi connectivity index (χ0) is 26.5. The summed E-state index contributed by atoms with van der Waals surface area (Å²) in [5, 5.41) is 8.69. The molecule has 0 atom stereocenters. The smallest absolute Gasteiger partial charge is 0.225 e. The Morgan fingerprint density at radius 1 is 0.921 bits per heavy atom. The van der Waals surface area contributed by atoms with Crippen LogP contribution in [0.1, 0.15) is 36.8 Å². The molecule has 0 bridgehead atoms. The Kier molecular flexibility index (Phi) is 8.25. The van der Waals surface area contributed by atoms with Crippen molar-refractivity contribution < 1.29 is 9.13 Å². The highest BCUT2D eigenvalue weighted by molar-refractivity contribution is 6.31. The quantitative estimate of drug-likeness (QED) is 0.253. The number of halogens is 2. The normalized spacial score (nSPS) is 17.4. The van der Waals surface area contributed by atoms with Gasteiger partial charge >= 0.3 is 0 Å². The molecule has 6 nitrogen and oxygen atoms in total. The van der Waals surface area contributed by atoms with E-state index in [0.29, 0.717) is 35.2 Å². The Hall–Kier alpha value is -3.42. The zero-order valence-electron chi connectivity index (χ0n) is 21.8. The number of benzene rings is 3. The third-order valence-electron chi connectivity index (χ3n) is 7.05. The average Bonchev–Trinajstić information content (AvgIpc) is 2.92. The number of aromatic nitrogens is 2. The van der Waals surface area contributed by atoms with Crippen LogP contribution in [0.5, 0.6) is 5.75 Å². The van der Waals surface area contributed by atoms with Gasteiger partial charge < -0.3 is 20.3 Å². The molecule has 1 aromatic heterocycles. The summed E-state index contributed by atoms with van der Waals surface area (Å²) >= 11 is 6.16. The number of nitrogens with zero attached hydrogens (tertiary/aromatic N) is 3. The van der Waals surface area contributed by atoms with Crippen LogP contribution in [-0.4, -0.2) is 36.1 Å². The Morgan fingerprint density at radius 2 is 1.66 bits per heavy atom. The first-order valence-corrected chi connectivity index (χ1v) is 13.4. The molecular weight excluding hydrogens is 501 g/mol. The molecule has 4 aromatic rings. The van der Waals surface area contributed by atoms with Crippen molar-refractivity contribution >= 4 is 34.3 Å². The van der Waals surface area contributed by atoms with Crippen LogP contribution < -0.4 is 20.3 Å². The third-order valence-corrected chi connectivity index (χ3v) is 7.41. The van der Waals surface area contributed by atoms with Gasteiger partial charge in [-0.15, -0.1) is 0 Å². The molecule has 0 amide bonds. The van der Waals surface area contributed by atoms with Crippen molar-refractivity contribution in [3.05, 3.63) is 88.7 Å². The molecule has 38 heavy (non-hydrogen) atoms. The molecule has 1 heterocycles. The highest BCUT2D eigenvalue weighted by Gasteiger charge is 2.22. The van der Waals surface area contributed by atoms with Crippen LogP contribution >= 0.6 is 11.6 Å². The Bertz CT molecular complexity index is 1370. The second-order valence-electron chi connectivity index (χ2n) is 9.95. The molecule has 8 heteroatoms. The van der Waals surface area contributed by atoms with E-state index in [9.17, 15) is 4.39 Å². The molecule has 0 unspecified atom stereocenters. The lowest BCUT2D eigenvalue weighted by Gasteiger charge is -2.30. The monoisotopic (exact) mass is 533 g/mol. The van der Waals surface area contributed by atoms with Crippen molar-refractivity contribution in [3.8, 4) is 5.75 Å². The largest absolute Gasteiger partial charge is 0.488 e. The number of hydrogen-bond donors (Lipinski definition) is 2. The van der Waals surface area contributed by atoms with E-state index < -0.39 is 0 Å². The van der Waals surface area contributed by atoms with Gasteiger partial charge in [0.1, 0.15) is 24.0 Å². The van der Waals surface area contributed by atoms with E-state index in [2.05, 4.69) is 16.7 Å².